The Kier molecular flexibility index (Phi) is 16.9. The molecule has 0 radical (unpaired) electrons. The van der Waals surface area contributed by atoms with Crippen molar-refractivity contribution in [3.63, 3.8) is 0 Å². The van der Waals surface area contributed by atoms with Crippen LogP contribution in [0.3, 0.4) is 0 Å². The maximum atomic E-state index is 12.1. The quantitative estimate of drug-likeness (QED) is 0.165. The molecule has 0 amide bonds. The minimum absolute atomic E-state index is 0.0278. The Labute approximate surface area is 324 Å². The van der Waals surface area contributed by atoms with Crippen LogP contribution in [0.2, 0.25) is 36.3 Å². The summed E-state index contributed by atoms with van der Waals surface area (Å²) in [7, 11) is -3.30. The number of H-pyrrole nitrogens is 3. The molecule has 0 aromatic carbocycles. The van der Waals surface area contributed by atoms with Crippen molar-refractivity contribution in [3.8, 4) is 0 Å². The molecular formula is C36H63ClN6O9Si2. The fraction of sp³-hybridized carbons (Fsp3) is 0.694. The largest absolute Gasteiger partial charge is 0.411 e. The van der Waals surface area contributed by atoms with E-state index in [1.165, 1.54) is 15.3 Å². The minimum Gasteiger partial charge on any atom is -0.411 e. The summed E-state index contributed by atoms with van der Waals surface area (Å²) in [5.41, 5.74) is -0.927. The van der Waals surface area contributed by atoms with E-state index in [9.17, 15) is 24.3 Å². The van der Waals surface area contributed by atoms with Crippen LogP contribution < -0.4 is 22.5 Å². The van der Waals surface area contributed by atoms with Gasteiger partial charge in [-0.3, -0.25) is 28.7 Å². The molecule has 2 fully saturated rings. The standard InChI is InChI=1S/C17H30N2O4Si.C10H14N2O5.C6H15ClSi.C3H4N2/c1-8-12-13(23-24(6,7)17(3,4)5)9-14(22-12)19-10-11(2)15(20)18-16(19)21;1-5-3-12(10(16)11-9(5)15)8-2-6(14)7(4-13)17-8;1-6(2,3)8(4,5)7;1-2-5-3-4-1/h10,12-14H,8-9H2,1-7H3,(H,18,20,21);3,6-8,13-14H,2,4H2,1H3,(H,11,15,16);1-5H3;1-3H,(H,4,5). The second-order valence-electron chi connectivity index (χ2n) is 16.7. The molecule has 5 heterocycles. The molecule has 0 saturated carbocycles. The molecule has 54 heavy (non-hydrogen) atoms. The van der Waals surface area contributed by atoms with E-state index in [1.54, 1.807) is 38.8 Å². The van der Waals surface area contributed by atoms with E-state index < -0.39 is 57.3 Å². The molecule has 306 valence electrons. The SMILES string of the molecule is CC(C)(C)[Si](C)(C)Cl.CCC1OC(n2cc(C)c(=O)[nH]c2=O)CC1O[Si](C)(C)C(C)(C)C.Cc1cn(C2CC(O)C(CO)O2)c(=O)[nH]c1=O.c1c[nH]cn1. The molecule has 15 nitrogen and oxygen atoms in total. The van der Waals surface area contributed by atoms with Crippen molar-refractivity contribution in [2.24, 2.45) is 0 Å². The molecule has 3 aromatic rings. The van der Waals surface area contributed by atoms with E-state index in [1.807, 2.05) is 0 Å². The lowest BCUT2D eigenvalue weighted by atomic mass is 10.1. The molecule has 0 spiro atoms. The lowest BCUT2D eigenvalue weighted by Crippen LogP contribution is -2.45. The van der Waals surface area contributed by atoms with Gasteiger partial charge in [0.25, 0.3) is 11.1 Å². The van der Waals surface area contributed by atoms with Gasteiger partial charge in [0.1, 0.15) is 18.6 Å². The Bertz CT molecular complexity index is 1810. The molecule has 0 bridgehead atoms. The maximum Gasteiger partial charge on any atom is 0.330 e. The van der Waals surface area contributed by atoms with Gasteiger partial charge >= 0.3 is 11.4 Å². The Balaban J connectivity index is 0.000000289. The summed E-state index contributed by atoms with van der Waals surface area (Å²) >= 11 is 6.15. The summed E-state index contributed by atoms with van der Waals surface area (Å²) in [6.07, 6.45) is 7.07. The number of aliphatic hydroxyl groups excluding tert-OH is 2. The Morgan fingerprint density at radius 1 is 0.870 bits per heavy atom. The Morgan fingerprint density at radius 2 is 1.33 bits per heavy atom. The van der Waals surface area contributed by atoms with E-state index in [4.69, 9.17) is 30.1 Å². The van der Waals surface area contributed by atoms with Crippen LogP contribution in [0.15, 0.2) is 50.3 Å². The van der Waals surface area contributed by atoms with Crippen molar-refractivity contribution in [2.75, 3.05) is 6.61 Å². The number of nitrogens with zero attached hydrogens (tertiary/aromatic N) is 3. The predicted molar refractivity (Wildman–Crippen MR) is 216 cm³/mol. The van der Waals surface area contributed by atoms with Gasteiger partial charge in [0.15, 0.2) is 15.7 Å². The smallest absolute Gasteiger partial charge is 0.330 e. The third-order valence-electron chi connectivity index (χ3n) is 10.3. The number of rotatable bonds is 6. The summed E-state index contributed by atoms with van der Waals surface area (Å²) in [4.78, 5) is 57.4. The van der Waals surface area contributed by atoms with Crippen LogP contribution in [0.4, 0.5) is 0 Å². The van der Waals surface area contributed by atoms with Crippen molar-refractivity contribution in [2.45, 2.75) is 155 Å². The summed E-state index contributed by atoms with van der Waals surface area (Å²) in [5, 5.41) is 19.0. The minimum atomic E-state index is -1.92. The van der Waals surface area contributed by atoms with E-state index >= 15 is 0 Å². The molecule has 2 aliphatic heterocycles. The number of ether oxygens (including phenoxy) is 2. The van der Waals surface area contributed by atoms with Crippen LogP contribution in [-0.4, -0.2) is 86.0 Å². The van der Waals surface area contributed by atoms with Gasteiger partial charge in [-0.2, -0.15) is 11.1 Å². The van der Waals surface area contributed by atoms with Crippen LogP contribution in [0.25, 0.3) is 0 Å². The van der Waals surface area contributed by atoms with Gasteiger partial charge in [-0.1, -0.05) is 61.6 Å². The van der Waals surface area contributed by atoms with E-state index in [-0.39, 0.29) is 35.8 Å². The second-order valence-corrected chi connectivity index (χ2v) is 28.8. The van der Waals surface area contributed by atoms with Gasteiger partial charge in [0.2, 0.25) is 0 Å². The highest BCUT2D eigenvalue weighted by atomic mass is 35.6. The zero-order valence-corrected chi connectivity index (χ0v) is 36.9. The first-order chi connectivity index (χ1) is 24.7. The highest BCUT2D eigenvalue weighted by Gasteiger charge is 2.44. The highest BCUT2D eigenvalue weighted by Crippen LogP contribution is 2.41. The Morgan fingerprint density at radius 3 is 1.67 bits per heavy atom. The first kappa shape index (κ1) is 47.2. The predicted octanol–water partition coefficient (Wildman–Crippen LogP) is 5.06. The average Bonchev–Trinajstić information content (AvgIpc) is 3.82. The number of halogens is 1. The first-order valence-corrected chi connectivity index (χ1v) is 25.2. The van der Waals surface area contributed by atoms with E-state index in [0.717, 1.165) is 6.42 Å². The molecule has 6 atom stereocenters. The Hall–Kier alpha value is -2.91. The van der Waals surface area contributed by atoms with Gasteiger partial charge in [0.05, 0.1) is 31.2 Å². The summed E-state index contributed by atoms with van der Waals surface area (Å²) in [6.45, 7) is 27.1. The summed E-state index contributed by atoms with van der Waals surface area (Å²) in [6, 6.07) is 0. The van der Waals surface area contributed by atoms with Crippen LogP contribution in [0.1, 0.15) is 91.3 Å². The van der Waals surface area contributed by atoms with Crippen molar-refractivity contribution < 1.29 is 24.1 Å². The molecule has 2 saturated heterocycles. The topological polar surface area (TPSA) is 207 Å². The number of hydrogen-bond donors (Lipinski definition) is 5. The van der Waals surface area contributed by atoms with Crippen LogP contribution in [0, 0.1) is 13.8 Å². The third kappa shape index (κ3) is 13.1. The average molecular weight is 816 g/mol. The van der Waals surface area contributed by atoms with Crippen molar-refractivity contribution in [1.29, 1.82) is 0 Å². The summed E-state index contributed by atoms with van der Waals surface area (Å²) < 4.78 is 20.6. The molecule has 5 N–H and O–H groups in total. The number of imidazole rings is 1. The molecule has 3 aromatic heterocycles. The van der Waals surface area contributed by atoms with Crippen molar-refractivity contribution in [3.05, 3.63) is 83.9 Å². The zero-order valence-electron chi connectivity index (χ0n) is 34.2. The van der Waals surface area contributed by atoms with E-state index in [2.05, 4.69) is 94.6 Å². The molecule has 2 aliphatic rings. The van der Waals surface area contributed by atoms with Crippen molar-refractivity contribution in [1.82, 2.24) is 29.1 Å². The maximum absolute atomic E-state index is 12.1. The van der Waals surface area contributed by atoms with Crippen LogP contribution in [-0.2, 0) is 13.9 Å². The van der Waals surface area contributed by atoms with Gasteiger partial charge in [-0.25, -0.2) is 14.6 Å². The van der Waals surface area contributed by atoms with Crippen LogP contribution >= 0.6 is 11.1 Å². The van der Waals surface area contributed by atoms with Gasteiger partial charge in [-0.05, 0) is 43.4 Å². The highest BCUT2D eigenvalue weighted by molar-refractivity contribution is 7.20. The molecular weight excluding hydrogens is 752 g/mol. The number of nitrogens with one attached hydrogen (secondary N) is 3. The lowest BCUT2D eigenvalue weighted by Gasteiger charge is -2.39. The zero-order chi connectivity index (χ0) is 41.4. The fourth-order valence-electron chi connectivity index (χ4n) is 4.78. The van der Waals surface area contributed by atoms with Gasteiger partial charge in [-0.15, -0.1) is 0 Å². The second kappa shape index (κ2) is 19.3. The number of aromatic nitrogens is 6. The third-order valence-corrected chi connectivity index (χ3v) is 20.1. The van der Waals surface area contributed by atoms with Gasteiger partial charge in [0, 0.05) is 48.8 Å². The fourth-order valence-corrected chi connectivity index (χ4v) is 6.14. The normalized spacial score (nSPS) is 23.0. The van der Waals surface area contributed by atoms with Crippen molar-refractivity contribution >= 4 is 26.8 Å². The number of hydrogen-bond acceptors (Lipinski definition) is 10. The number of aliphatic hydroxyl groups is 2. The molecule has 5 rings (SSSR count). The van der Waals surface area contributed by atoms with E-state index in [0.29, 0.717) is 22.6 Å². The monoisotopic (exact) mass is 814 g/mol. The molecule has 0 aliphatic carbocycles. The van der Waals surface area contributed by atoms with Crippen LogP contribution in [0.5, 0.6) is 0 Å². The summed E-state index contributed by atoms with van der Waals surface area (Å²) in [5.74, 6) is 0. The molecule has 18 heteroatoms. The number of aromatic amines is 3. The van der Waals surface area contributed by atoms with Gasteiger partial charge < -0.3 is 29.1 Å². The first-order valence-electron chi connectivity index (χ1n) is 18.3. The lowest BCUT2D eigenvalue weighted by molar-refractivity contribution is -0.0459. The molecule has 6 unspecified atom stereocenters. The number of aryl methyl sites for hydroxylation is 2.